The number of sulfonamides is 1. The summed E-state index contributed by atoms with van der Waals surface area (Å²) < 4.78 is 32.9. The van der Waals surface area contributed by atoms with E-state index in [1.807, 2.05) is 0 Å². The van der Waals surface area contributed by atoms with E-state index in [2.05, 4.69) is 5.32 Å². The van der Waals surface area contributed by atoms with Gasteiger partial charge in [-0.15, -0.1) is 0 Å². The molecule has 6 nitrogen and oxygen atoms in total. The molecule has 3 rings (SSSR count). The zero-order valence-corrected chi connectivity index (χ0v) is 18.7. The third-order valence-corrected chi connectivity index (χ3v) is 6.60. The predicted molar refractivity (Wildman–Crippen MR) is 122 cm³/mol. The molecule has 0 atom stereocenters. The Kier molecular flexibility index (Phi) is 7.79. The second-order valence-corrected chi connectivity index (χ2v) is 9.14. The Labute approximate surface area is 191 Å². The summed E-state index contributed by atoms with van der Waals surface area (Å²) in [5.41, 5.74) is 0.329. The zero-order valence-electron chi connectivity index (χ0n) is 16.4. The summed E-state index contributed by atoms with van der Waals surface area (Å²) in [7, 11) is -3.96. The highest BCUT2D eigenvalue weighted by Gasteiger charge is 2.27. The lowest BCUT2D eigenvalue weighted by molar-refractivity contribution is -0.119. The van der Waals surface area contributed by atoms with Crippen molar-refractivity contribution in [2.24, 2.45) is 0 Å². The minimum absolute atomic E-state index is 0.0832. The van der Waals surface area contributed by atoms with E-state index in [1.54, 1.807) is 66.7 Å². The van der Waals surface area contributed by atoms with E-state index in [-0.39, 0.29) is 18.0 Å². The molecule has 0 aliphatic carbocycles. The topological polar surface area (TPSA) is 75.7 Å². The second-order valence-electron chi connectivity index (χ2n) is 6.43. The van der Waals surface area contributed by atoms with E-state index in [4.69, 9.17) is 27.9 Å². The average Bonchev–Trinajstić information content (AvgIpc) is 2.77. The van der Waals surface area contributed by atoms with Crippen molar-refractivity contribution in [3.8, 4) is 5.75 Å². The molecule has 0 radical (unpaired) electrons. The maximum absolute atomic E-state index is 13.2. The predicted octanol–water partition coefficient (Wildman–Crippen LogP) is 4.38. The third kappa shape index (κ3) is 6.13. The molecule has 0 aliphatic rings. The first-order valence-corrected chi connectivity index (χ1v) is 11.5. The van der Waals surface area contributed by atoms with Crippen LogP contribution in [0.2, 0.25) is 10.0 Å². The van der Waals surface area contributed by atoms with Crippen LogP contribution in [0.15, 0.2) is 83.8 Å². The molecule has 0 aliphatic heterocycles. The number of benzene rings is 3. The van der Waals surface area contributed by atoms with Crippen LogP contribution in [-0.4, -0.2) is 34.0 Å². The second kappa shape index (κ2) is 10.5. The highest BCUT2D eigenvalue weighted by Crippen LogP contribution is 2.25. The van der Waals surface area contributed by atoms with Gasteiger partial charge in [0.15, 0.2) is 0 Å². The highest BCUT2D eigenvalue weighted by atomic mass is 35.5. The van der Waals surface area contributed by atoms with E-state index in [0.717, 1.165) is 4.31 Å². The molecule has 1 N–H and O–H groups in total. The molecule has 0 saturated carbocycles. The van der Waals surface area contributed by atoms with Crippen molar-refractivity contribution in [2.45, 2.75) is 4.90 Å². The van der Waals surface area contributed by atoms with Crippen molar-refractivity contribution < 1.29 is 17.9 Å². The van der Waals surface area contributed by atoms with Gasteiger partial charge in [-0.3, -0.25) is 9.10 Å². The Morgan fingerprint density at radius 2 is 1.55 bits per heavy atom. The van der Waals surface area contributed by atoms with Crippen LogP contribution in [0.25, 0.3) is 0 Å². The number of amides is 1. The molecule has 0 fully saturated rings. The Morgan fingerprint density at radius 3 is 2.23 bits per heavy atom. The Hall–Kier alpha value is -2.74. The number of nitrogens with zero attached hydrogens (tertiary/aromatic N) is 1. The molecule has 3 aromatic rings. The van der Waals surface area contributed by atoms with Crippen molar-refractivity contribution in [3.05, 3.63) is 88.9 Å². The summed E-state index contributed by atoms with van der Waals surface area (Å²) in [6.07, 6.45) is 0. The minimum Gasteiger partial charge on any atom is -0.490 e. The van der Waals surface area contributed by atoms with Crippen LogP contribution >= 0.6 is 23.2 Å². The first-order valence-electron chi connectivity index (χ1n) is 9.35. The van der Waals surface area contributed by atoms with Crippen molar-refractivity contribution in [2.75, 3.05) is 24.0 Å². The van der Waals surface area contributed by atoms with Gasteiger partial charge < -0.3 is 10.1 Å². The van der Waals surface area contributed by atoms with Gasteiger partial charge in [0.05, 0.1) is 22.2 Å². The maximum atomic E-state index is 13.2. The summed E-state index contributed by atoms with van der Waals surface area (Å²) in [5.74, 6) is 0.0325. The van der Waals surface area contributed by atoms with Crippen LogP contribution in [0.5, 0.6) is 5.75 Å². The smallest absolute Gasteiger partial charge is 0.264 e. The van der Waals surface area contributed by atoms with Gasteiger partial charge in [-0.2, -0.15) is 0 Å². The fraction of sp³-hybridized carbons (Fsp3) is 0.136. The van der Waals surface area contributed by atoms with E-state index >= 15 is 0 Å². The summed E-state index contributed by atoms with van der Waals surface area (Å²) in [4.78, 5) is 12.6. The van der Waals surface area contributed by atoms with Crippen molar-refractivity contribution in [3.63, 3.8) is 0 Å². The molecule has 0 bridgehead atoms. The van der Waals surface area contributed by atoms with E-state index < -0.39 is 22.5 Å². The molecule has 162 valence electrons. The lowest BCUT2D eigenvalue weighted by atomic mass is 10.3. The number of carbonyl (C=O) groups is 1. The van der Waals surface area contributed by atoms with E-state index in [9.17, 15) is 13.2 Å². The molecular weight excluding hydrogens is 459 g/mol. The Morgan fingerprint density at radius 1 is 0.903 bits per heavy atom. The monoisotopic (exact) mass is 478 g/mol. The minimum atomic E-state index is -3.96. The molecule has 1 amide bonds. The molecule has 31 heavy (non-hydrogen) atoms. The first kappa shape index (κ1) is 22.9. The van der Waals surface area contributed by atoms with Gasteiger partial charge >= 0.3 is 0 Å². The number of para-hydroxylation sites is 1. The largest absolute Gasteiger partial charge is 0.490 e. The van der Waals surface area contributed by atoms with Crippen LogP contribution in [0.4, 0.5) is 5.69 Å². The summed E-state index contributed by atoms with van der Waals surface area (Å²) in [6, 6.07) is 21.2. The van der Waals surface area contributed by atoms with Gasteiger partial charge in [0.1, 0.15) is 18.9 Å². The number of hydrogen-bond acceptors (Lipinski definition) is 4. The van der Waals surface area contributed by atoms with Crippen molar-refractivity contribution in [1.82, 2.24) is 5.32 Å². The van der Waals surface area contributed by atoms with Crippen LogP contribution in [0, 0.1) is 0 Å². The lowest BCUT2D eigenvalue weighted by Gasteiger charge is -2.24. The quantitative estimate of drug-likeness (QED) is 0.462. The highest BCUT2D eigenvalue weighted by molar-refractivity contribution is 7.92. The van der Waals surface area contributed by atoms with Gasteiger partial charge in [-0.1, -0.05) is 53.5 Å². The summed E-state index contributed by atoms with van der Waals surface area (Å²) in [6.45, 7) is -0.0310. The van der Waals surface area contributed by atoms with Crippen molar-refractivity contribution >= 4 is 44.8 Å². The molecule has 9 heteroatoms. The lowest BCUT2D eigenvalue weighted by Crippen LogP contribution is -2.41. The maximum Gasteiger partial charge on any atom is 0.264 e. The van der Waals surface area contributed by atoms with Crippen LogP contribution in [-0.2, 0) is 14.8 Å². The summed E-state index contributed by atoms with van der Waals surface area (Å²) in [5, 5.41) is 3.60. The fourth-order valence-corrected chi connectivity index (χ4v) is 4.50. The Balaban J connectivity index is 1.69. The van der Waals surface area contributed by atoms with Gasteiger partial charge in [0, 0.05) is 5.02 Å². The van der Waals surface area contributed by atoms with E-state index in [1.165, 1.54) is 12.1 Å². The molecule has 3 aromatic carbocycles. The number of nitrogens with one attached hydrogen (secondary N) is 1. The first-order chi connectivity index (χ1) is 14.9. The van der Waals surface area contributed by atoms with Crippen LogP contribution in [0.1, 0.15) is 0 Å². The molecule has 0 saturated heterocycles. The SMILES string of the molecule is O=C(CN(c1ccc(Cl)cc1)S(=O)(=O)c1ccccc1)NCCOc1ccccc1Cl. The normalized spacial score (nSPS) is 11.0. The van der Waals surface area contributed by atoms with Gasteiger partial charge in [-0.25, -0.2) is 8.42 Å². The number of halogens is 2. The molecule has 0 aromatic heterocycles. The average molecular weight is 479 g/mol. The molecule has 0 heterocycles. The van der Waals surface area contributed by atoms with E-state index in [0.29, 0.717) is 21.5 Å². The molecule has 0 spiro atoms. The van der Waals surface area contributed by atoms with Gasteiger partial charge in [0.25, 0.3) is 10.0 Å². The van der Waals surface area contributed by atoms with Crippen LogP contribution < -0.4 is 14.4 Å². The number of hydrogen-bond donors (Lipinski definition) is 1. The molecular formula is C22H20Cl2N2O4S. The van der Waals surface area contributed by atoms with Crippen LogP contribution in [0.3, 0.4) is 0 Å². The number of rotatable bonds is 9. The fourth-order valence-electron chi connectivity index (χ4n) is 2.74. The van der Waals surface area contributed by atoms with Gasteiger partial charge in [-0.05, 0) is 48.5 Å². The summed E-state index contributed by atoms with van der Waals surface area (Å²) >= 11 is 12.0. The number of ether oxygens (including phenoxy) is 1. The Bertz CT molecular complexity index is 1120. The zero-order chi connectivity index (χ0) is 22.3. The van der Waals surface area contributed by atoms with Crippen molar-refractivity contribution in [1.29, 1.82) is 0 Å². The number of carbonyl (C=O) groups excluding carboxylic acids is 1. The number of anilines is 1. The molecule has 0 unspecified atom stereocenters. The van der Waals surface area contributed by atoms with Gasteiger partial charge in [0.2, 0.25) is 5.91 Å². The third-order valence-electron chi connectivity index (χ3n) is 4.25. The standard InChI is InChI=1S/C22H20Cl2N2O4S/c23-17-10-12-18(13-11-17)26(31(28,29)19-6-2-1-3-7-19)16-22(27)25-14-15-30-21-9-5-4-8-20(21)24/h1-13H,14-16H2,(H,25,27).